The predicted octanol–water partition coefficient (Wildman–Crippen LogP) is 3.51. The summed E-state index contributed by atoms with van der Waals surface area (Å²) in [5.74, 6) is 1.20. The minimum absolute atomic E-state index is 0.574. The van der Waals surface area contributed by atoms with Crippen LogP contribution in [0.5, 0.6) is 5.88 Å². The van der Waals surface area contributed by atoms with Crippen molar-refractivity contribution in [2.45, 2.75) is 40.0 Å². The molecule has 0 saturated carbocycles. The smallest absolute Gasteiger partial charge is 0.216 e. The summed E-state index contributed by atoms with van der Waals surface area (Å²) in [5, 5.41) is 0. The lowest BCUT2D eigenvalue weighted by Crippen LogP contribution is -2.01. The standard InChI is InChI=1S/C16H21N3O/c1-5-6-7-13-11(2)8-9-14(18-13)16-17-12(3)10-15(19-16)20-4/h8-10H,5-7H2,1-4H3. The molecule has 0 fully saturated rings. The fourth-order valence-corrected chi connectivity index (χ4v) is 2.05. The maximum absolute atomic E-state index is 5.20. The third kappa shape index (κ3) is 3.32. The van der Waals surface area contributed by atoms with E-state index in [1.807, 2.05) is 19.1 Å². The van der Waals surface area contributed by atoms with Gasteiger partial charge in [-0.25, -0.2) is 9.97 Å². The fourth-order valence-electron chi connectivity index (χ4n) is 2.05. The molecule has 2 rings (SSSR count). The topological polar surface area (TPSA) is 47.9 Å². The monoisotopic (exact) mass is 271 g/mol. The second-order valence-electron chi connectivity index (χ2n) is 4.94. The molecule has 4 nitrogen and oxygen atoms in total. The van der Waals surface area contributed by atoms with E-state index in [0.717, 1.165) is 29.9 Å². The number of methoxy groups -OCH3 is 1. The molecular formula is C16H21N3O. The Labute approximate surface area is 120 Å². The van der Waals surface area contributed by atoms with Gasteiger partial charge in [0.2, 0.25) is 5.88 Å². The molecule has 0 radical (unpaired) electrons. The van der Waals surface area contributed by atoms with Crippen molar-refractivity contribution in [3.8, 4) is 17.4 Å². The zero-order chi connectivity index (χ0) is 14.5. The molecule has 0 saturated heterocycles. The first-order valence-corrected chi connectivity index (χ1v) is 7.00. The molecule has 4 heteroatoms. The van der Waals surface area contributed by atoms with Crippen LogP contribution in [0.3, 0.4) is 0 Å². The van der Waals surface area contributed by atoms with Gasteiger partial charge in [0, 0.05) is 17.5 Å². The predicted molar refractivity (Wildman–Crippen MR) is 79.9 cm³/mol. The second kappa shape index (κ2) is 6.46. The van der Waals surface area contributed by atoms with Crippen molar-refractivity contribution in [1.29, 1.82) is 0 Å². The molecule has 0 atom stereocenters. The summed E-state index contributed by atoms with van der Waals surface area (Å²) in [6, 6.07) is 5.88. The summed E-state index contributed by atoms with van der Waals surface area (Å²) in [6.45, 7) is 6.22. The fraction of sp³-hybridized carbons (Fsp3) is 0.438. The van der Waals surface area contributed by atoms with Gasteiger partial charge >= 0.3 is 0 Å². The highest BCUT2D eigenvalue weighted by atomic mass is 16.5. The highest BCUT2D eigenvalue weighted by molar-refractivity contribution is 5.51. The van der Waals surface area contributed by atoms with Crippen LogP contribution >= 0.6 is 0 Å². The van der Waals surface area contributed by atoms with Crippen LogP contribution in [0.2, 0.25) is 0 Å². The molecule has 0 amide bonds. The van der Waals surface area contributed by atoms with Crippen LogP contribution in [0.4, 0.5) is 0 Å². The lowest BCUT2D eigenvalue weighted by atomic mass is 10.1. The Morgan fingerprint density at radius 2 is 1.90 bits per heavy atom. The zero-order valence-electron chi connectivity index (χ0n) is 12.6. The molecule has 0 N–H and O–H groups in total. The number of rotatable bonds is 5. The van der Waals surface area contributed by atoms with Gasteiger partial charge in [0.05, 0.1) is 7.11 Å². The number of unbranched alkanes of at least 4 members (excludes halogenated alkanes) is 1. The average Bonchev–Trinajstić information content (AvgIpc) is 2.45. The van der Waals surface area contributed by atoms with Gasteiger partial charge in [-0.1, -0.05) is 19.4 Å². The quantitative estimate of drug-likeness (QED) is 0.835. The Kier molecular flexibility index (Phi) is 4.66. The van der Waals surface area contributed by atoms with E-state index >= 15 is 0 Å². The van der Waals surface area contributed by atoms with Gasteiger partial charge in [0.1, 0.15) is 5.69 Å². The lowest BCUT2D eigenvalue weighted by molar-refractivity contribution is 0.397. The number of ether oxygens (including phenoxy) is 1. The molecule has 2 aromatic rings. The molecule has 0 aromatic carbocycles. The summed E-state index contributed by atoms with van der Waals surface area (Å²) >= 11 is 0. The summed E-state index contributed by atoms with van der Waals surface area (Å²) in [4.78, 5) is 13.5. The largest absolute Gasteiger partial charge is 0.481 e. The highest BCUT2D eigenvalue weighted by Crippen LogP contribution is 2.19. The first kappa shape index (κ1) is 14.4. The molecule has 0 bridgehead atoms. The Hall–Kier alpha value is -1.97. The van der Waals surface area contributed by atoms with E-state index in [4.69, 9.17) is 9.72 Å². The van der Waals surface area contributed by atoms with E-state index < -0.39 is 0 Å². The first-order valence-electron chi connectivity index (χ1n) is 7.00. The third-order valence-corrected chi connectivity index (χ3v) is 3.24. The van der Waals surface area contributed by atoms with E-state index in [0.29, 0.717) is 11.7 Å². The zero-order valence-corrected chi connectivity index (χ0v) is 12.6. The molecule has 0 unspecified atom stereocenters. The maximum Gasteiger partial charge on any atom is 0.216 e. The van der Waals surface area contributed by atoms with Crippen molar-refractivity contribution in [1.82, 2.24) is 15.0 Å². The summed E-state index contributed by atoms with van der Waals surface area (Å²) < 4.78 is 5.20. The summed E-state index contributed by atoms with van der Waals surface area (Å²) in [5.41, 5.74) is 4.04. The van der Waals surface area contributed by atoms with Gasteiger partial charge in [0.25, 0.3) is 0 Å². The van der Waals surface area contributed by atoms with E-state index in [9.17, 15) is 0 Å². The Bertz CT molecular complexity index is 596. The second-order valence-corrected chi connectivity index (χ2v) is 4.94. The molecular weight excluding hydrogens is 250 g/mol. The van der Waals surface area contributed by atoms with Crippen LogP contribution in [0.15, 0.2) is 18.2 Å². The SMILES string of the molecule is CCCCc1nc(-c2nc(C)cc(OC)n2)ccc1C. The van der Waals surface area contributed by atoms with Crippen LogP contribution in [0.25, 0.3) is 11.5 Å². The van der Waals surface area contributed by atoms with Crippen molar-refractivity contribution < 1.29 is 4.74 Å². The van der Waals surface area contributed by atoms with Gasteiger partial charge in [-0.2, -0.15) is 4.98 Å². The third-order valence-electron chi connectivity index (χ3n) is 3.24. The number of pyridine rings is 1. The molecule has 0 aliphatic carbocycles. The first-order chi connectivity index (χ1) is 9.63. The van der Waals surface area contributed by atoms with Crippen LogP contribution < -0.4 is 4.74 Å². The van der Waals surface area contributed by atoms with E-state index in [1.165, 1.54) is 12.0 Å². The number of hydrogen-bond donors (Lipinski definition) is 0. The molecule has 2 heterocycles. The Morgan fingerprint density at radius 1 is 1.10 bits per heavy atom. The van der Waals surface area contributed by atoms with Crippen molar-refractivity contribution >= 4 is 0 Å². The normalized spacial score (nSPS) is 10.6. The van der Waals surface area contributed by atoms with Gasteiger partial charge in [-0.15, -0.1) is 0 Å². The van der Waals surface area contributed by atoms with E-state index in [-0.39, 0.29) is 0 Å². The summed E-state index contributed by atoms with van der Waals surface area (Å²) in [7, 11) is 1.61. The van der Waals surface area contributed by atoms with Crippen LogP contribution in [0, 0.1) is 13.8 Å². The van der Waals surface area contributed by atoms with Crippen molar-refractivity contribution in [2.24, 2.45) is 0 Å². The Morgan fingerprint density at radius 3 is 2.60 bits per heavy atom. The highest BCUT2D eigenvalue weighted by Gasteiger charge is 2.09. The number of hydrogen-bond acceptors (Lipinski definition) is 4. The van der Waals surface area contributed by atoms with Gasteiger partial charge in [-0.3, -0.25) is 0 Å². The molecule has 0 aliphatic heterocycles. The van der Waals surface area contributed by atoms with Crippen molar-refractivity contribution in [3.63, 3.8) is 0 Å². The molecule has 2 aromatic heterocycles. The van der Waals surface area contributed by atoms with Gasteiger partial charge in [-0.05, 0) is 38.3 Å². The van der Waals surface area contributed by atoms with Gasteiger partial charge in [0.15, 0.2) is 5.82 Å². The Balaban J connectivity index is 2.39. The molecule has 106 valence electrons. The van der Waals surface area contributed by atoms with Crippen LogP contribution in [-0.2, 0) is 6.42 Å². The number of nitrogens with zero attached hydrogens (tertiary/aromatic N) is 3. The van der Waals surface area contributed by atoms with Crippen LogP contribution in [-0.4, -0.2) is 22.1 Å². The molecule has 0 spiro atoms. The van der Waals surface area contributed by atoms with E-state index in [2.05, 4.69) is 29.9 Å². The molecule has 20 heavy (non-hydrogen) atoms. The van der Waals surface area contributed by atoms with Gasteiger partial charge < -0.3 is 4.74 Å². The van der Waals surface area contributed by atoms with Crippen molar-refractivity contribution in [2.75, 3.05) is 7.11 Å². The molecule has 0 aliphatic rings. The maximum atomic E-state index is 5.20. The lowest BCUT2D eigenvalue weighted by Gasteiger charge is -2.08. The van der Waals surface area contributed by atoms with Crippen LogP contribution in [0.1, 0.15) is 36.7 Å². The number of aryl methyl sites for hydroxylation is 3. The minimum Gasteiger partial charge on any atom is -0.481 e. The van der Waals surface area contributed by atoms with Crippen molar-refractivity contribution in [3.05, 3.63) is 35.2 Å². The van der Waals surface area contributed by atoms with E-state index in [1.54, 1.807) is 7.11 Å². The summed E-state index contributed by atoms with van der Waals surface area (Å²) in [6.07, 6.45) is 3.31. The average molecular weight is 271 g/mol. The minimum atomic E-state index is 0.574. The number of aromatic nitrogens is 3.